The quantitative estimate of drug-likeness (QED) is 0.500. The van der Waals surface area contributed by atoms with Gasteiger partial charge in [-0.3, -0.25) is 4.79 Å². The van der Waals surface area contributed by atoms with Gasteiger partial charge in [-0.05, 0) is 30.7 Å². The topological polar surface area (TPSA) is 81.9 Å². The van der Waals surface area contributed by atoms with Gasteiger partial charge in [0.1, 0.15) is 6.26 Å². The van der Waals surface area contributed by atoms with Crippen LogP contribution in [0.25, 0.3) is 0 Å². The van der Waals surface area contributed by atoms with Gasteiger partial charge in [-0.1, -0.05) is 0 Å². The fourth-order valence-corrected chi connectivity index (χ4v) is 2.38. The molecule has 0 atom stereocenters. The second-order valence-electron chi connectivity index (χ2n) is 5.77. The largest absolute Gasteiger partial charge is 0.464 e. The average molecular weight is 400 g/mol. The van der Waals surface area contributed by atoms with Crippen molar-refractivity contribution < 1.29 is 36.7 Å². The number of rotatable bonds is 8. The molecule has 28 heavy (non-hydrogen) atoms. The van der Waals surface area contributed by atoms with Crippen molar-refractivity contribution in [3.05, 3.63) is 53.2 Å². The van der Waals surface area contributed by atoms with Crippen LogP contribution in [0.3, 0.4) is 0 Å². The highest BCUT2D eigenvalue weighted by atomic mass is 19.4. The first-order valence-corrected chi connectivity index (χ1v) is 8.24. The van der Waals surface area contributed by atoms with Crippen LogP contribution < -0.4 is 0 Å². The van der Waals surface area contributed by atoms with E-state index in [1.54, 1.807) is 0 Å². The van der Waals surface area contributed by atoms with E-state index in [4.69, 9.17) is 9.15 Å². The summed E-state index contributed by atoms with van der Waals surface area (Å²) in [6.07, 6.45) is -2.88. The van der Waals surface area contributed by atoms with Gasteiger partial charge in [0, 0.05) is 25.8 Å². The number of ether oxygens (including phenoxy) is 2. The van der Waals surface area contributed by atoms with Crippen molar-refractivity contribution in [1.82, 2.24) is 9.88 Å². The van der Waals surface area contributed by atoms with E-state index in [0.717, 1.165) is 30.5 Å². The normalized spacial score (nSPS) is 11.3. The number of nitrogens with zero attached hydrogens (tertiary/aromatic N) is 2. The number of aromatic nitrogens is 1. The Morgan fingerprint density at radius 1 is 1.18 bits per heavy atom. The van der Waals surface area contributed by atoms with Crippen molar-refractivity contribution in [3.8, 4) is 0 Å². The monoisotopic (exact) mass is 400 g/mol. The second-order valence-corrected chi connectivity index (χ2v) is 5.77. The third kappa shape index (κ3) is 5.56. The van der Waals surface area contributed by atoms with E-state index in [0.29, 0.717) is 13.0 Å². The van der Waals surface area contributed by atoms with E-state index in [-0.39, 0.29) is 30.2 Å². The summed E-state index contributed by atoms with van der Waals surface area (Å²) in [6.45, 7) is 0.569. The van der Waals surface area contributed by atoms with Gasteiger partial charge >= 0.3 is 12.1 Å². The minimum Gasteiger partial charge on any atom is -0.464 e. The molecule has 0 fully saturated rings. The summed E-state index contributed by atoms with van der Waals surface area (Å²) in [5.41, 5.74) is -0.799. The molecule has 7 nitrogen and oxygen atoms in total. The van der Waals surface area contributed by atoms with Crippen LogP contribution in [0.15, 0.2) is 34.9 Å². The van der Waals surface area contributed by atoms with Crippen molar-refractivity contribution in [2.75, 3.05) is 27.4 Å². The van der Waals surface area contributed by atoms with Crippen LogP contribution in [0.5, 0.6) is 0 Å². The Kier molecular flexibility index (Phi) is 7.16. The Morgan fingerprint density at radius 2 is 1.86 bits per heavy atom. The zero-order valence-electron chi connectivity index (χ0n) is 15.3. The zero-order valence-corrected chi connectivity index (χ0v) is 15.3. The van der Waals surface area contributed by atoms with E-state index in [9.17, 15) is 22.8 Å². The molecule has 0 spiro atoms. The number of alkyl halides is 3. The summed E-state index contributed by atoms with van der Waals surface area (Å²) in [5, 5.41) is 0. The summed E-state index contributed by atoms with van der Waals surface area (Å²) in [6, 6.07) is 3.93. The van der Waals surface area contributed by atoms with Gasteiger partial charge in [0.2, 0.25) is 5.89 Å². The first-order chi connectivity index (χ1) is 13.3. The molecular formula is C18H19F3N2O5. The van der Waals surface area contributed by atoms with Crippen LogP contribution in [0, 0.1) is 0 Å². The lowest BCUT2D eigenvalue weighted by molar-refractivity contribution is -0.137. The number of oxazole rings is 1. The lowest BCUT2D eigenvalue weighted by Crippen LogP contribution is -2.32. The molecule has 0 unspecified atom stereocenters. The average Bonchev–Trinajstić information content (AvgIpc) is 3.14. The molecule has 2 aromatic rings. The Balaban J connectivity index is 2.18. The first-order valence-electron chi connectivity index (χ1n) is 8.24. The Morgan fingerprint density at radius 3 is 2.43 bits per heavy atom. The molecule has 0 saturated carbocycles. The van der Waals surface area contributed by atoms with Crippen LogP contribution in [0.2, 0.25) is 0 Å². The number of carbonyl (C=O) groups excluding carboxylic acids is 2. The van der Waals surface area contributed by atoms with E-state index >= 15 is 0 Å². The van der Waals surface area contributed by atoms with Crippen molar-refractivity contribution >= 4 is 11.9 Å². The number of esters is 1. The molecule has 0 N–H and O–H groups in total. The fourth-order valence-electron chi connectivity index (χ4n) is 2.38. The van der Waals surface area contributed by atoms with Crippen LogP contribution in [-0.4, -0.2) is 49.1 Å². The first kappa shape index (κ1) is 21.4. The number of hydrogen-bond acceptors (Lipinski definition) is 6. The highest BCUT2D eigenvalue weighted by Gasteiger charge is 2.30. The number of methoxy groups -OCH3 is 2. The van der Waals surface area contributed by atoms with E-state index in [2.05, 4.69) is 9.72 Å². The smallest absolute Gasteiger partial charge is 0.416 e. The number of halogens is 3. The molecular weight excluding hydrogens is 381 g/mol. The van der Waals surface area contributed by atoms with Gasteiger partial charge < -0.3 is 18.8 Å². The maximum Gasteiger partial charge on any atom is 0.416 e. The lowest BCUT2D eigenvalue weighted by atomic mass is 10.1. The number of carbonyl (C=O) groups is 2. The van der Waals surface area contributed by atoms with Gasteiger partial charge in [0.05, 0.1) is 19.2 Å². The van der Waals surface area contributed by atoms with Crippen molar-refractivity contribution in [3.63, 3.8) is 0 Å². The van der Waals surface area contributed by atoms with E-state index < -0.39 is 23.6 Å². The molecule has 0 aliphatic carbocycles. The van der Waals surface area contributed by atoms with Crippen LogP contribution >= 0.6 is 0 Å². The molecule has 1 aromatic carbocycles. The third-order valence-corrected chi connectivity index (χ3v) is 3.80. The van der Waals surface area contributed by atoms with Crippen LogP contribution in [-0.2, 0) is 22.2 Å². The Bertz CT molecular complexity index is 802. The standard InChI is InChI=1S/C18H19F3N2O5/c1-26-9-3-8-23(10-15-22-14(11-28-15)17(25)27-2)16(24)12-4-6-13(7-5-12)18(19,20)21/h4-7,11H,3,8-10H2,1-2H3. The van der Waals surface area contributed by atoms with E-state index in [1.165, 1.54) is 19.1 Å². The fraction of sp³-hybridized carbons (Fsp3) is 0.389. The molecule has 1 heterocycles. The van der Waals surface area contributed by atoms with Crippen molar-refractivity contribution in [1.29, 1.82) is 0 Å². The molecule has 152 valence electrons. The predicted octanol–water partition coefficient (Wildman–Crippen LogP) is 3.16. The summed E-state index contributed by atoms with van der Waals surface area (Å²) in [4.78, 5) is 29.5. The minimum absolute atomic E-state index is 0.0451. The highest BCUT2D eigenvalue weighted by molar-refractivity contribution is 5.94. The van der Waals surface area contributed by atoms with Gasteiger partial charge in [-0.25, -0.2) is 9.78 Å². The Labute approximate surface area is 159 Å². The number of hydrogen-bond donors (Lipinski definition) is 0. The summed E-state index contributed by atoms with van der Waals surface area (Å²) >= 11 is 0. The van der Waals surface area contributed by atoms with E-state index in [1.807, 2.05) is 0 Å². The maximum absolute atomic E-state index is 12.7. The summed E-state index contributed by atoms with van der Waals surface area (Å²) in [5.74, 6) is -1.09. The minimum atomic E-state index is -4.48. The second kappa shape index (κ2) is 9.36. The molecule has 0 saturated heterocycles. The van der Waals surface area contributed by atoms with Gasteiger partial charge in [-0.2, -0.15) is 13.2 Å². The molecule has 10 heteroatoms. The highest BCUT2D eigenvalue weighted by Crippen LogP contribution is 2.29. The molecule has 2 rings (SSSR count). The number of amides is 1. The van der Waals surface area contributed by atoms with Gasteiger partial charge in [0.15, 0.2) is 5.69 Å². The van der Waals surface area contributed by atoms with Gasteiger partial charge in [-0.15, -0.1) is 0 Å². The third-order valence-electron chi connectivity index (χ3n) is 3.80. The summed E-state index contributed by atoms with van der Waals surface area (Å²) in [7, 11) is 2.71. The molecule has 1 amide bonds. The molecule has 0 aliphatic rings. The van der Waals surface area contributed by atoms with Crippen molar-refractivity contribution in [2.45, 2.75) is 19.1 Å². The van der Waals surface area contributed by atoms with Gasteiger partial charge in [0.25, 0.3) is 5.91 Å². The lowest BCUT2D eigenvalue weighted by Gasteiger charge is -2.21. The maximum atomic E-state index is 12.7. The molecule has 0 bridgehead atoms. The predicted molar refractivity (Wildman–Crippen MR) is 90.5 cm³/mol. The Hall–Kier alpha value is -2.88. The molecule has 1 aromatic heterocycles. The SMILES string of the molecule is COCCCN(Cc1nc(C(=O)OC)co1)C(=O)c1ccc(C(F)(F)F)cc1. The summed E-state index contributed by atoms with van der Waals surface area (Å²) < 4.78 is 52.8. The molecule has 0 aliphatic heterocycles. The van der Waals surface area contributed by atoms with Crippen molar-refractivity contribution in [2.24, 2.45) is 0 Å². The number of benzene rings is 1. The van der Waals surface area contributed by atoms with Crippen LogP contribution in [0.1, 0.15) is 38.7 Å². The zero-order chi connectivity index (χ0) is 20.7. The van der Waals surface area contributed by atoms with Crippen LogP contribution in [0.4, 0.5) is 13.2 Å². The molecule has 0 radical (unpaired) electrons.